The van der Waals surface area contributed by atoms with Crippen molar-refractivity contribution >= 4 is 27.8 Å². The standard InChI is InChI=1S/C23H19F3N4O6S/c1-30-20-14(8-10-19(29-20)36-37(33,34)23(24,25)26)7-9-17(22(30)32)28-21(31)18-13-16(11-12-27-18)35-15-5-3-2-4-6-15/h2-6,8,10-13,17H,7,9H2,1H3,(H,28,31)/t17-/m0/s1. The zero-order chi connectivity index (χ0) is 26.8. The normalized spacial score (nSPS) is 15.9. The number of hydrogen-bond acceptors (Lipinski definition) is 8. The van der Waals surface area contributed by atoms with Gasteiger partial charge in [0, 0.05) is 25.4 Å². The number of likely N-dealkylation sites (N-methyl/N-ethyl adjacent to an activating group) is 1. The minimum absolute atomic E-state index is 0.00295. The molecule has 194 valence electrons. The molecule has 0 bridgehead atoms. The summed E-state index contributed by atoms with van der Waals surface area (Å²) >= 11 is 0. The Labute approximate surface area is 209 Å². The van der Waals surface area contributed by atoms with E-state index in [4.69, 9.17) is 4.74 Å². The number of aromatic nitrogens is 2. The first kappa shape index (κ1) is 25.9. The minimum atomic E-state index is -5.94. The number of halogens is 3. The van der Waals surface area contributed by atoms with Gasteiger partial charge in [-0.3, -0.25) is 19.5 Å². The van der Waals surface area contributed by atoms with Crippen LogP contribution in [0.1, 0.15) is 22.5 Å². The van der Waals surface area contributed by atoms with Crippen LogP contribution >= 0.6 is 0 Å². The molecule has 0 radical (unpaired) electrons. The number of fused-ring (bicyclic) bond motifs is 1. The second-order valence-electron chi connectivity index (χ2n) is 7.87. The van der Waals surface area contributed by atoms with E-state index in [1.54, 1.807) is 30.3 Å². The number of para-hydroxylation sites is 1. The van der Waals surface area contributed by atoms with Gasteiger partial charge in [0.2, 0.25) is 11.8 Å². The van der Waals surface area contributed by atoms with E-state index in [1.807, 2.05) is 6.07 Å². The summed E-state index contributed by atoms with van der Waals surface area (Å²) in [6.07, 6.45) is 1.73. The van der Waals surface area contributed by atoms with Crippen LogP contribution in [0.2, 0.25) is 0 Å². The first-order chi connectivity index (χ1) is 17.4. The lowest BCUT2D eigenvalue weighted by Gasteiger charge is -2.21. The number of nitrogens with one attached hydrogen (secondary N) is 1. The van der Waals surface area contributed by atoms with Crippen molar-refractivity contribution in [3.05, 3.63) is 72.1 Å². The van der Waals surface area contributed by atoms with E-state index in [0.717, 1.165) is 11.0 Å². The lowest BCUT2D eigenvalue weighted by atomic mass is 10.1. The third-order valence-electron chi connectivity index (χ3n) is 5.31. The van der Waals surface area contributed by atoms with Crippen LogP contribution in [-0.4, -0.2) is 48.8 Å². The maximum atomic E-state index is 13.0. The van der Waals surface area contributed by atoms with Crippen LogP contribution < -0.4 is 19.1 Å². The highest BCUT2D eigenvalue weighted by Crippen LogP contribution is 2.30. The number of ether oxygens (including phenoxy) is 1. The van der Waals surface area contributed by atoms with Gasteiger partial charge in [0.05, 0.1) is 0 Å². The van der Waals surface area contributed by atoms with Gasteiger partial charge in [-0.1, -0.05) is 18.2 Å². The van der Waals surface area contributed by atoms with Gasteiger partial charge in [0.1, 0.15) is 29.1 Å². The maximum absolute atomic E-state index is 13.0. The van der Waals surface area contributed by atoms with Gasteiger partial charge in [-0.05, 0) is 42.7 Å². The molecular formula is C23H19F3N4O6S. The molecule has 14 heteroatoms. The minimum Gasteiger partial charge on any atom is -0.457 e. The molecule has 0 saturated heterocycles. The molecule has 2 amide bonds. The fourth-order valence-corrected chi connectivity index (χ4v) is 3.91. The van der Waals surface area contributed by atoms with Gasteiger partial charge in [-0.25, -0.2) is 0 Å². The molecule has 1 aliphatic rings. The van der Waals surface area contributed by atoms with Gasteiger partial charge in [0.25, 0.3) is 5.91 Å². The van der Waals surface area contributed by atoms with Crippen LogP contribution in [0.3, 0.4) is 0 Å². The molecular weight excluding hydrogens is 517 g/mol. The first-order valence-electron chi connectivity index (χ1n) is 10.7. The average molecular weight is 536 g/mol. The largest absolute Gasteiger partial charge is 0.534 e. The summed E-state index contributed by atoms with van der Waals surface area (Å²) in [6, 6.07) is 13.1. The Bertz CT molecular complexity index is 1430. The summed E-state index contributed by atoms with van der Waals surface area (Å²) in [5, 5.41) is 2.60. The van der Waals surface area contributed by atoms with Crippen molar-refractivity contribution in [1.82, 2.24) is 15.3 Å². The number of anilines is 1. The van der Waals surface area contributed by atoms with E-state index in [-0.39, 0.29) is 24.4 Å². The lowest BCUT2D eigenvalue weighted by Crippen LogP contribution is -2.47. The number of amides is 2. The predicted octanol–water partition coefficient (Wildman–Crippen LogP) is 3.20. The Hall–Kier alpha value is -4.20. The molecule has 3 heterocycles. The molecule has 2 aromatic heterocycles. The molecule has 1 N–H and O–H groups in total. The summed E-state index contributed by atoms with van der Waals surface area (Å²) in [6.45, 7) is 0. The van der Waals surface area contributed by atoms with Crippen molar-refractivity contribution in [2.24, 2.45) is 0 Å². The van der Waals surface area contributed by atoms with E-state index in [2.05, 4.69) is 19.5 Å². The number of aryl methyl sites for hydroxylation is 1. The Morgan fingerprint density at radius 2 is 1.84 bits per heavy atom. The quantitative estimate of drug-likeness (QED) is 0.376. The molecule has 3 aromatic rings. The van der Waals surface area contributed by atoms with E-state index in [1.165, 1.54) is 25.4 Å². The van der Waals surface area contributed by atoms with Crippen molar-refractivity contribution < 1.29 is 40.1 Å². The number of carbonyl (C=O) groups excluding carboxylic acids is 2. The highest BCUT2D eigenvalue weighted by Gasteiger charge is 2.49. The van der Waals surface area contributed by atoms with Crippen LogP contribution in [-0.2, 0) is 21.3 Å². The highest BCUT2D eigenvalue weighted by atomic mass is 32.2. The second-order valence-corrected chi connectivity index (χ2v) is 9.41. The number of rotatable bonds is 6. The molecule has 0 spiro atoms. The Kier molecular flexibility index (Phi) is 7.03. The van der Waals surface area contributed by atoms with Crippen LogP contribution in [0.25, 0.3) is 0 Å². The summed E-state index contributed by atoms with van der Waals surface area (Å²) in [4.78, 5) is 34.7. The van der Waals surface area contributed by atoms with Crippen LogP contribution in [0.4, 0.5) is 19.0 Å². The van der Waals surface area contributed by atoms with Crippen LogP contribution in [0.5, 0.6) is 17.4 Å². The Morgan fingerprint density at radius 3 is 2.54 bits per heavy atom. The van der Waals surface area contributed by atoms with Gasteiger partial charge in [0.15, 0.2) is 0 Å². The lowest BCUT2D eigenvalue weighted by molar-refractivity contribution is -0.120. The number of carbonyl (C=O) groups is 2. The van der Waals surface area contributed by atoms with E-state index in [9.17, 15) is 31.2 Å². The average Bonchev–Trinajstić information content (AvgIpc) is 2.96. The van der Waals surface area contributed by atoms with Crippen molar-refractivity contribution in [2.75, 3.05) is 11.9 Å². The molecule has 37 heavy (non-hydrogen) atoms. The summed E-state index contributed by atoms with van der Waals surface area (Å²) in [7, 11) is -4.64. The molecule has 0 unspecified atom stereocenters. The number of pyridine rings is 2. The molecule has 1 atom stereocenters. The smallest absolute Gasteiger partial charge is 0.457 e. The fourth-order valence-electron chi connectivity index (χ4n) is 3.50. The number of nitrogens with zero attached hydrogens (tertiary/aromatic N) is 3. The van der Waals surface area contributed by atoms with Crippen molar-refractivity contribution in [3.8, 4) is 17.4 Å². The Morgan fingerprint density at radius 1 is 1.11 bits per heavy atom. The van der Waals surface area contributed by atoms with E-state index in [0.29, 0.717) is 17.1 Å². The zero-order valence-corrected chi connectivity index (χ0v) is 19.9. The number of hydrogen-bond donors (Lipinski definition) is 1. The number of benzene rings is 1. The van der Waals surface area contributed by atoms with E-state index >= 15 is 0 Å². The first-order valence-corrected chi connectivity index (χ1v) is 12.1. The van der Waals surface area contributed by atoms with Crippen LogP contribution in [0, 0.1) is 0 Å². The van der Waals surface area contributed by atoms with Gasteiger partial charge >= 0.3 is 15.6 Å². The maximum Gasteiger partial charge on any atom is 0.534 e. The highest BCUT2D eigenvalue weighted by molar-refractivity contribution is 7.87. The van der Waals surface area contributed by atoms with Crippen LogP contribution in [0.15, 0.2) is 60.8 Å². The van der Waals surface area contributed by atoms with Crippen molar-refractivity contribution in [1.29, 1.82) is 0 Å². The molecule has 10 nitrogen and oxygen atoms in total. The predicted molar refractivity (Wildman–Crippen MR) is 124 cm³/mol. The van der Waals surface area contributed by atoms with Gasteiger partial charge in [-0.2, -0.15) is 26.6 Å². The topological polar surface area (TPSA) is 128 Å². The third-order valence-corrected chi connectivity index (χ3v) is 6.26. The summed E-state index contributed by atoms with van der Waals surface area (Å²) in [5.41, 5.74) is -5.20. The summed E-state index contributed by atoms with van der Waals surface area (Å²) in [5.74, 6) is -1.30. The molecule has 1 aliphatic heterocycles. The molecule has 0 saturated carbocycles. The molecule has 0 aliphatic carbocycles. The molecule has 0 fully saturated rings. The Balaban J connectivity index is 1.48. The second kappa shape index (κ2) is 10.0. The third kappa shape index (κ3) is 5.80. The SMILES string of the molecule is CN1C(=O)[C@@H](NC(=O)c2cc(Oc3ccccc3)ccn2)CCc2ccc(OS(=O)(=O)C(F)(F)F)nc21. The van der Waals surface area contributed by atoms with Gasteiger partial charge in [-0.15, -0.1) is 0 Å². The fraction of sp³-hybridized carbons (Fsp3) is 0.217. The molecule has 4 rings (SSSR count). The van der Waals surface area contributed by atoms with Crippen molar-refractivity contribution in [2.45, 2.75) is 24.4 Å². The zero-order valence-electron chi connectivity index (χ0n) is 19.1. The van der Waals surface area contributed by atoms with E-state index < -0.39 is 39.4 Å². The monoisotopic (exact) mass is 536 g/mol. The van der Waals surface area contributed by atoms with Gasteiger partial charge < -0.3 is 14.2 Å². The van der Waals surface area contributed by atoms with Crippen molar-refractivity contribution in [3.63, 3.8) is 0 Å². The molecule has 1 aromatic carbocycles. The summed E-state index contributed by atoms with van der Waals surface area (Å²) < 4.78 is 70.3. The number of alkyl halides is 3.